The second-order valence-electron chi connectivity index (χ2n) is 8.32. The summed E-state index contributed by atoms with van der Waals surface area (Å²) in [4.78, 5) is 29.3. The van der Waals surface area contributed by atoms with E-state index in [9.17, 15) is 26.4 Å². The van der Waals surface area contributed by atoms with Gasteiger partial charge in [0, 0.05) is 35.9 Å². The molecule has 1 fully saturated rings. The molecule has 0 bridgehead atoms. The summed E-state index contributed by atoms with van der Waals surface area (Å²) in [6.45, 7) is 0.127. The number of hydrogen-bond acceptors (Lipinski definition) is 8. The fourth-order valence-electron chi connectivity index (χ4n) is 3.44. The van der Waals surface area contributed by atoms with Gasteiger partial charge in [-0.3, -0.25) is 14.5 Å². The molecule has 1 saturated carbocycles. The van der Waals surface area contributed by atoms with Crippen LogP contribution in [0, 0.1) is 0 Å². The van der Waals surface area contributed by atoms with E-state index in [1.807, 2.05) is 0 Å². The monoisotopic (exact) mass is 536 g/mol. The predicted octanol–water partition coefficient (Wildman–Crippen LogP) is 3.91. The summed E-state index contributed by atoms with van der Waals surface area (Å²) in [5.41, 5.74) is 1.27. The zero-order valence-electron chi connectivity index (χ0n) is 19.6. The second kappa shape index (κ2) is 10.7. The number of alkyl halides is 3. The van der Waals surface area contributed by atoms with Crippen molar-refractivity contribution >= 4 is 27.7 Å². The molecule has 1 aliphatic carbocycles. The lowest BCUT2D eigenvalue weighted by Crippen LogP contribution is -2.25. The Morgan fingerprint density at radius 2 is 1.95 bits per heavy atom. The van der Waals surface area contributed by atoms with Crippen molar-refractivity contribution < 1.29 is 31.1 Å². The van der Waals surface area contributed by atoms with Crippen LogP contribution in [0.2, 0.25) is 0 Å². The molecule has 1 unspecified atom stereocenters. The maximum Gasteiger partial charge on any atom is 0.422 e. The average molecular weight is 537 g/mol. The minimum absolute atomic E-state index is 0.163. The van der Waals surface area contributed by atoms with Gasteiger partial charge in [-0.05, 0) is 37.5 Å². The Hall–Kier alpha value is -3.81. The normalized spacial score (nSPS) is 14.6. The Kier molecular flexibility index (Phi) is 7.57. The lowest BCUT2D eigenvalue weighted by atomic mass is 10.0. The Balaban J connectivity index is 1.57. The fraction of sp³-hybridized carbons (Fsp3) is 0.348. The molecule has 0 aromatic carbocycles. The van der Waals surface area contributed by atoms with Crippen LogP contribution in [-0.4, -0.2) is 52.3 Å². The summed E-state index contributed by atoms with van der Waals surface area (Å²) >= 11 is 0. The van der Waals surface area contributed by atoms with Gasteiger partial charge in [0.1, 0.15) is 0 Å². The van der Waals surface area contributed by atoms with Crippen LogP contribution in [0.5, 0.6) is 5.75 Å². The van der Waals surface area contributed by atoms with Gasteiger partial charge in [-0.2, -0.15) is 13.2 Å². The van der Waals surface area contributed by atoms with Crippen molar-refractivity contribution in [1.29, 1.82) is 0 Å². The van der Waals surface area contributed by atoms with Gasteiger partial charge in [0.15, 0.2) is 18.2 Å². The van der Waals surface area contributed by atoms with Gasteiger partial charge in [-0.25, -0.2) is 23.4 Å². The molecule has 3 heterocycles. The largest absolute Gasteiger partial charge is 0.480 e. The van der Waals surface area contributed by atoms with Crippen molar-refractivity contribution in [2.24, 2.45) is 0 Å². The molecular formula is C23H23F3N6O4S. The number of hydrogen-bond donors (Lipinski definition) is 2. The number of carbonyl (C=O) groups excluding carboxylic acids is 1. The van der Waals surface area contributed by atoms with Crippen molar-refractivity contribution in [3.05, 3.63) is 54.7 Å². The highest BCUT2D eigenvalue weighted by molar-refractivity contribution is 7.93. The lowest BCUT2D eigenvalue weighted by molar-refractivity contribution is -0.153. The van der Waals surface area contributed by atoms with Crippen molar-refractivity contribution in [1.82, 2.24) is 19.9 Å². The third-order valence-electron chi connectivity index (χ3n) is 5.44. The van der Waals surface area contributed by atoms with Crippen LogP contribution in [-0.2, 0) is 14.8 Å². The third kappa shape index (κ3) is 6.90. The second-order valence-corrected chi connectivity index (χ2v) is 10.3. The Morgan fingerprint density at radius 3 is 2.59 bits per heavy atom. The van der Waals surface area contributed by atoms with E-state index in [0.29, 0.717) is 24.0 Å². The number of sulfonamides is 1. The molecule has 1 atom stereocenters. The van der Waals surface area contributed by atoms with Crippen LogP contribution >= 0.6 is 0 Å². The van der Waals surface area contributed by atoms with Crippen molar-refractivity contribution in [2.45, 2.75) is 43.5 Å². The molecule has 0 radical (unpaired) electrons. The van der Waals surface area contributed by atoms with Crippen molar-refractivity contribution in [2.75, 3.05) is 16.6 Å². The van der Waals surface area contributed by atoms with E-state index in [4.69, 9.17) is 4.74 Å². The first-order valence-corrected chi connectivity index (χ1v) is 12.9. The van der Waals surface area contributed by atoms with E-state index in [1.165, 1.54) is 30.7 Å². The molecule has 3 aromatic heterocycles. The highest BCUT2D eigenvalue weighted by Crippen LogP contribution is 2.32. The summed E-state index contributed by atoms with van der Waals surface area (Å²) in [5.74, 6) is -2.13. The summed E-state index contributed by atoms with van der Waals surface area (Å²) in [6.07, 6.45) is 2.52. The minimum Gasteiger partial charge on any atom is -0.480 e. The zero-order chi connectivity index (χ0) is 26.6. The first-order valence-electron chi connectivity index (χ1n) is 11.3. The lowest BCUT2D eigenvalue weighted by Gasteiger charge is -2.18. The smallest absolute Gasteiger partial charge is 0.422 e. The van der Waals surface area contributed by atoms with E-state index >= 15 is 0 Å². The summed E-state index contributed by atoms with van der Waals surface area (Å²) < 4.78 is 70.3. The van der Waals surface area contributed by atoms with Crippen LogP contribution < -0.4 is 14.8 Å². The first kappa shape index (κ1) is 26.3. The molecule has 14 heteroatoms. The SMILES string of the molecule is CCC(C(=O)Nc1ncc(-c2cccnc2)cc1OCC(F)(F)F)c1ccnc(NS(=O)(=O)C2CC2)n1. The van der Waals surface area contributed by atoms with Gasteiger partial charge in [0.2, 0.25) is 21.9 Å². The topological polar surface area (TPSA) is 136 Å². The van der Waals surface area contributed by atoms with E-state index in [-0.39, 0.29) is 29.6 Å². The maximum absolute atomic E-state index is 13.1. The molecule has 1 aliphatic rings. The van der Waals surface area contributed by atoms with Crippen molar-refractivity contribution in [3.8, 4) is 16.9 Å². The van der Waals surface area contributed by atoms with Gasteiger partial charge in [0.05, 0.1) is 16.9 Å². The standard InChI is InChI=1S/C23H23F3N6O4S/c1-2-17(18-7-9-28-22(30-18)32-37(34,35)16-5-6-16)21(33)31-20-19(36-13-23(24,25)26)10-15(12-29-20)14-4-3-8-27-11-14/h3-4,7-12,16-17H,2,5-6,13H2,1H3,(H,28,30,32)(H,29,31,33). The number of aromatic nitrogens is 4. The molecule has 0 spiro atoms. The Morgan fingerprint density at radius 1 is 1.16 bits per heavy atom. The number of nitrogens with zero attached hydrogens (tertiary/aromatic N) is 4. The molecule has 1 amide bonds. The number of halogens is 3. The maximum atomic E-state index is 13.1. The van der Waals surface area contributed by atoms with Crippen LogP contribution in [0.4, 0.5) is 24.9 Å². The molecule has 2 N–H and O–H groups in total. The molecule has 0 saturated heterocycles. The number of ether oxygens (including phenoxy) is 1. The van der Waals surface area contributed by atoms with Gasteiger partial charge in [0.25, 0.3) is 0 Å². The van der Waals surface area contributed by atoms with E-state index in [2.05, 4.69) is 30.0 Å². The van der Waals surface area contributed by atoms with E-state index in [0.717, 1.165) is 0 Å². The molecule has 3 aromatic rings. The van der Waals surface area contributed by atoms with Gasteiger partial charge >= 0.3 is 6.18 Å². The molecular weight excluding hydrogens is 513 g/mol. The molecule has 4 rings (SSSR count). The number of anilines is 2. The van der Waals surface area contributed by atoms with E-state index < -0.39 is 39.9 Å². The average Bonchev–Trinajstić information content (AvgIpc) is 3.70. The Labute approximate surface area is 210 Å². The minimum atomic E-state index is -4.61. The van der Waals surface area contributed by atoms with Crippen LogP contribution in [0.25, 0.3) is 11.1 Å². The van der Waals surface area contributed by atoms with Gasteiger partial charge in [-0.1, -0.05) is 13.0 Å². The van der Waals surface area contributed by atoms with Crippen LogP contribution in [0.3, 0.4) is 0 Å². The molecule has 10 nitrogen and oxygen atoms in total. The highest BCUT2D eigenvalue weighted by atomic mass is 32.2. The fourth-order valence-corrected chi connectivity index (χ4v) is 4.71. The number of pyridine rings is 2. The highest BCUT2D eigenvalue weighted by Gasteiger charge is 2.36. The summed E-state index contributed by atoms with van der Waals surface area (Å²) in [7, 11) is -3.61. The van der Waals surface area contributed by atoms with E-state index in [1.54, 1.807) is 25.3 Å². The summed E-state index contributed by atoms with van der Waals surface area (Å²) in [6, 6.07) is 6.16. The molecule has 37 heavy (non-hydrogen) atoms. The first-order chi connectivity index (χ1) is 17.6. The van der Waals surface area contributed by atoms with Crippen LogP contribution in [0.15, 0.2) is 49.1 Å². The van der Waals surface area contributed by atoms with Gasteiger partial charge < -0.3 is 10.1 Å². The van der Waals surface area contributed by atoms with Crippen molar-refractivity contribution in [3.63, 3.8) is 0 Å². The number of rotatable bonds is 10. The molecule has 0 aliphatic heterocycles. The molecule has 196 valence electrons. The van der Waals surface area contributed by atoms with Gasteiger partial charge in [-0.15, -0.1) is 0 Å². The predicted molar refractivity (Wildman–Crippen MR) is 128 cm³/mol. The number of nitrogens with one attached hydrogen (secondary N) is 2. The number of carbonyl (C=O) groups is 1. The van der Waals surface area contributed by atoms with Crippen LogP contribution in [0.1, 0.15) is 37.8 Å². The quantitative estimate of drug-likeness (QED) is 0.398. The summed E-state index contributed by atoms with van der Waals surface area (Å²) in [5, 5.41) is 2.03. The Bertz CT molecular complexity index is 1370. The zero-order valence-corrected chi connectivity index (χ0v) is 20.4. The number of amides is 1. The third-order valence-corrected chi connectivity index (χ3v) is 7.25.